The van der Waals surface area contributed by atoms with Gasteiger partial charge >= 0.3 is 0 Å². The normalized spacial score (nSPS) is 22.1. The maximum absolute atomic E-state index is 12.6. The molecule has 1 aliphatic heterocycles. The summed E-state index contributed by atoms with van der Waals surface area (Å²) in [5, 5.41) is 3.94. The van der Waals surface area contributed by atoms with E-state index in [9.17, 15) is 4.79 Å². The van der Waals surface area contributed by atoms with Crippen LogP contribution < -0.4 is 5.73 Å². The number of likely N-dealkylation sites (tertiary alicyclic amines) is 1. The summed E-state index contributed by atoms with van der Waals surface area (Å²) in [6.07, 6.45) is 4.49. The number of nitrogens with two attached hydrogens (primary N) is 1. The van der Waals surface area contributed by atoms with Crippen LogP contribution in [0.4, 0.5) is 0 Å². The summed E-state index contributed by atoms with van der Waals surface area (Å²) < 4.78 is 5.00. The van der Waals surface area contributed by atoms with E-state index in [4.69, 9.17) is 10.3 Å². The molecule has 1 fully saturated rings. The lowest BCUT2D eigenvalue weighted by molar-refractivity contribution is -0.138. The number of carbonyl (C=O) groups excluding carboxylic acids is 1. The second-order valence-electron chi connectivity index (χ2n) is 6.36. The predicted octanol–water partition coefficient (Wildman–Crippen LogP) is 1.68. The Morgan fingerprint density at radius 3 is 2.95 bits per heavy atom. The Kier molecular flexibility index (Phi) is 4.98. The van der Waals surface area contributed by atoms with Crippen LogP contribution in [0, 0.1) is 12.8 Å². The fraction of sp³-hybridized carbons (Fsp3) is 0.800. The van der Waals surface area contributed by atoms with Gasteiger partial charge in [0.2, 0.25) is 11.8 Å². The van der Waals surface area contributed by atoms with Crippen LogP contribution in [0.5, 0.6) is 0 Å². The van der Waals surface area contributed by atoms with E-state index in [-0.39, 0.29) is 5.91 Å². The quantitative estimate of drug-likeness (QED) is 0.893. The highest BCUT2D eigenvalue weighted by molar-refractivity contribution is 5.85. The number of aromatic nitrogens is 2. The van der Waals surface area contributed by atoms with Crippen LogP contribution in [0.3, 0.4) is 0 Å². The maximum Gasteiger partial charge on any atom is 0.242 e. The summed E-state index contributed by atoms with van der Waals surface area (Å²) in [5.74, 6) is 1.78. The van der Waals surface area contributed by atoms with Gasteiger partial charge in [-0.1, -0.05) is 18.5 Å². The number of hydrogen-bond acceptors (Lipinski definition) is 5. The zero-order valence-corrected chi connectivity index (χ0v) is 13.3. The Bertz CT molecular complexity index is 484. The SMILES string of the molecule is CCCC(C)(N)C(=O)N1CCCC(Cc2noc(C)n2)C1. The van der Waals surface area contributed by atoms with Crippen molar-refractivity contribution in [2.75, 3.05) is 13.1 Å². The van der Waals surface area contributed by atoms with E-state index < -0.39 is 5.54 Å². The zero-order valence-electron chi connectivity index (χ0n) is 13.3. The molecular formula is C15H26N4O2. The van der Waals surface area contributed by atoms with Crippen LogP contribution >= 0.6 is 0 Å². The van der Waals surface area contributed by atoms with E-state index in [0.29, 0.717) is 11.8 Å². The van der Waals surface area contributed by atoms with Gasteiger partial charge in [0.15, 0.2) is 5.82 Å². The van der Waals surface area contributed by atoms with Crippen LogP contribution in [-0.4, -0.2) is 39.6 Å². The van der Waals surface area contributed by atoms with E-state index in [1.807, 2.05) is 11.8 Å². The molecule has 118 valence electrons. The second kappa shape index (κ2) is 6.56. The maximum atomic E-state index is 12.6. The number of nitrogens with zero attached hydrogens (tertiary/aromatic N) is 3. The van der Waals surface area contributed by atoms with Crippen molar-refractivity contribution < 1.29 is 9.32 Å². The van der Waals surface area contributed by atoms with Crippen LogP contribution in [0.2, 0.25) is 0 Å². The lowest BCUT2D eigenvalue weighted by atomic mass is 9.90. The minimum atomic E-state index is -0.751. The zero-order chi connectivity index (χ0) is 15.5. The Balaban J connectivity index is 1.95. The summed E-state index contributed by atoms with van der Waals surface area (Å²) in [4.78, 5) is 18.7. The number of amides is 1. The monoisotopic (exact) mass is 294 g/mol. The van der Waals surface area contributed by atoms with Gasteiger partial charge in [0.1, 0.15) is 0 Å². The Labute approximate surface area is 126 Å². The van der Waals surface area contributed by atoms with Crippen molar-refractivity contribution in [3.05, 3.63) is 11.7 Å². The van der Waals surface area contributed by atoms with Crippen molar-refractivity contribution in [3.8, 4) is 0 Å². The van der Waals surface area contributed by atoms with E-state index in [1.54, 1.807) is 6.92 Å². The largest absolute Gasteiger partial charge is 0.341 e. The molecule has 6 heteroatoms. The van der Waals surface area contributed by atoms with Crippen molar-refractivity contribution in [2.45, 2.75) is 58.4 Å². The molecule has 21 heavy (non-hydrogen) atoms. The van der Waals surface area contributed by atoms with Gasteiger partial charge in [-0.2, -0.15) is 4.98 Å². The second-order valence-corrected chi connectivity index (χ2v) is 6.36. The fourth-order valence-corrected chi connectivity index (χ4v) is 3.09. The molecule has 0 spiro atoms. The van der Waals surface area contributed by atoms with Gasteiger partial charge in [-0.05, 0) is 32.1 Å². The van der Waals surface area contributed by atoms with Crippen molar-refractivity contribution in [1.29, 1.82) is 0 Å². The highest BCUT2D eigenvalue weighted by Crippen LogP contribution is 2.23. The van der Waals surface area contributed by atoms with Crippen molar-refractivity contribution in [1.82, 2.24) is 15.0 Å². The number of carbonyl (C=O) groups is 1. The summed E-state index contributed by atoms with van der Waals surface area (Å²) in [6, 6.07) is 0. The third kappa shape index (κ3) is 4.03. The Morgan fingerprint density at radius 2 is 2.33 bits per heavy atom. The Morgan fingerprint density at radius 1 is 1.57 bits per heavy atom. The van der Waals surface area contributed by atoms with Crippen LogP contribution in [0.15, 0.2) is 4.52 Å². The molecule has 2 N–H and O–H groups in total. The minimum absolute atomic E-state index is 0.0679. The van der Waals surface area contributed by atoms with Crippen LogP contribution in [-0.2, 0) is 11.2 Å². The van der Waals surface area contributed by atoms with E-state index in [1.165, 1.54) is 0 Å². The first-order valence-corrected chi connectivity index (χ1v) is 7.80. The average Bonchev–Trinajstić information content (AvgIpc) is 2.83. The molecule has 0 saturated carbocycles. The summed E-state index contributed by atoms with van der Waals surface area (Å²) in [6.45, 7) is 7.22. The molecule has 0 bridgehead atoms. The highest BCUT2D eigenvalue weighted by atomic mass is 16.5. The van der Waals surface area contributed by atoms with Gasteiger partial charge in [-0.25, -0.2) is 0 Å². The molecule has 0 aromatic carbocycles. The molecule has 1 amide bonds. The summed E-state index contributed by atoms with van der Waals surface area (Å²) >= 11 is 0. The van der Waals surface area contributed by atoms with E-state index >= 15 is 0 Å². The fourth-order valence-electron chi connectivity index (χ4n) is 3.09. The molecule has 1 saturated heterocycles. The molecule has 0 aliphatic carbocycles. The number of aryl methyl sites for hydroxylation is 1. The van der Waals surface area contributed by atoms with Crippen molar-refractivity contribution in [2.24, 2.45) is 11.7 Å². The molecule has 1 aromatic rings. The van der Waals surface area contributed by atoms with Crippen molar-refractivity contribution in [3.63, 3.8) is 0 Å². The van der Waals surface area contributed by atoms with Crippen molar-refractivity contribution >= 4 is 5.91 Å². The highest BCUT2D eigenvalue weighted by Gasteiger charge is 2.34. The van der Waals surface area contributed by atoms with Gasteiger partial charge in [-0.15, -0.1) is 0 Å². The third-order valence-electron chi connectivity index (χ3n) is 4.10. The van der Waals surface area contributed by atoms with Gasteiger partial charge in [-0.3, -0.25) is 4.79 Å². The standard InChI is InChI=1S/C15H26N4O2/c1-4-7-15(3,16)14(20)19-8-5-6-12(10-19)9-13-17-11(2)21-18-13/h12H,4-10,16H2,1-3H3. The lowest BCUT2D eigenvalue weighted by Gasteiger charge is -2.37. The first-order valence-electron chi connectivity index (χ1n) is 7.80. The molecule has 6 nitrogen and oxygen atoms in total. The summed E-state index contributed by atoms with van der Waals surface area (Å²) in [7, 11) is 0. The van der Waals surface area contributed by atoms with Crippen LogP contribution in [0.25, 0.3) is 0 Å². The number of rotatable bonds is 5. The molecule has 1 aromatic heterocycles. The molecule has 1 aliphatic rings. The van der Waals surface area contributed by atoms with Crippen LogP contribution in [0.1, 0.15) is 51.2 Å². The molecule has 0 radical (unpaired) electrons. The molecule has 2 unspecified atom stereocenters. The molecule has 2 atom stereocenters. The van der Waals surface area contributed by atoms with Gasteiger partial charge in [0.25, 0.3) is 0 Å². The number of hydrogen-bond donors (Lipinski definition) is 1. The van der Waals surface area contributed by atoms with Gasteiger partial charge < -0.3 is 15.2 Å². The predicted molar refractivity (Wildman–Crippen MR) is 79.5 cm³/mol. The molecular weight excluding hydrogens is 268 g/mol. The van der Waals surface area contributed by atoms with Gasteiger partial charge in [0.05, 0.1) is 5.54 Å². The van der Waals surface area contributed by atoms with Gasteiger partial charge in [0, 0.05) is 26.4 Å². The first-order chi connectivity index (χ1) is 9.92. The third-order valence-corrected chi connectivity index (χ3v) is 4.10. The summed E-state index contributed by atoms with van der Waals surface area (Å²) in [5.41, 5.74) is 5.42. The van der Waals surface area contributed by atoms with E-state index in [2.05, 4.69) is 17.1 Å². The minimum Gasteiger partial charge on any atom is -0.341 e. The Hall–Kier alpha value is -1.43. The number of piperidine rings is 1. The average molecular weight is 294 g/mol. The first kappa shape index (κ1) is 15.9. The smallest absolute Gasteiger partial charge is 0.242 e. The molecule has 2 rings (SSSR count). The lowest BCUT2D eigenvalue weighted by Crippen LogP contribution is -2.55. The topological polar surface area (TPSA) is 85.3 Å². The molecule has 2 heterocycles. The van der Waals surface area contributed by atoms with E-state index in [0.717, 1.165) is 51.0 Å².